The van der Waals surface area contributed by atoms with Crippen molar-refractivity contribution in [1.82, 2.24) is 10.2 Å². The van der Waals surface area contributed by atoms with Gasteiger partial charge in [0.25, 0.3) is 5.91 Å². The lowest BCUT2D eigenvalue weighted by Crippen LogP contribution is -2.42. The van der Waals surface area contributed by atoms with Gasteiger partial charge in [-0.1, -0.05) is 72.8 Å². The minimum absolute atomic E-state index is 0.0432. The van der Waals surface area contributed by atoms with E-state index in [1.165, 1.54) is 0 Å². The molecule has 3 aromatic rings. The fourth-order valence-corrected chi connectivity index (χ4v) is 5.41. The first-order chi connectivity index (χ1) is 21.3. The van der Waals surface area contributed by atoms with Gasteiger partial charge >= 0.3 is 6.09 Å². The van der Waals surface area contributed by atoms with E-state index in [4.69, 9.17) is 14.2 Å². The Kier molecular flexibility index (Phi) is 10.2. The van der Waals surface area contributed by atoms with Crippen molar-refractivity contribution in [1.29, 1.82) is 0 Å². The topological polar surface area (TPSA) is 118 Å². The Morgan fingerprint density at radius 1 is 1.05 bits per heavy atom. The number of nitrogens with zero attached hydrogens (tertiary/aromatic N) is 2. The highest BCUT2D eigenvalue weighted by Gasteiger charge is 2.41. The minimum Gasteiger partial charge on any atom is -0.445 e. The maximum atomic E-state index is 13.3. The number of rotatable bonds is 11. The molecule has 3 aromatic carbocycles. The van der Waals surface area contributed by atoms with Crippen LogP contribution in [0.15, 0.2) is 91.5 Å². The average Bonchev–Trinajstić information content (AvgIpc) is 3.32. The SMILES string of the molecule is C=CCN(C)CC1CC(c2ccc(CO)cc2)OC(c2cccc(N3C(=O)CC(NC(=O)OCc4ccccc4)C3=O)c2)O1. The van der Waals surface area contributed by atoms with Crippen LogP contribution in [0.4, 0.5) is 10.5 Å². The number of carbonyl (C=O) groups excluding carboxylic acids is 3. The van der Waals surface area contributed by atoms with Gasteiger partial charge in [-0.2, -0.15) is 0 Å². The molecule has 0 radical (unpaired) electrons. The third-order valence-electron chi connectivity index (χ3n) is 7.62. The lowest BCUT2D eigenvalue weighted by atomic mass is 9.99. The van der Waals surface area contributed by atoms with Crippen LogP contribution in [0, 0.1) is 0 Å². The van der Waals surface area contributed by atoms with Gasteiger partial charge in [0.1, 0.15) is 12.6 Å². The molecule has 230 valence electrons. The Bertz CT molecular complexity index is 1460. The van der Waals surface area contributed by atoms with Gasteiger partial charge in [-0.05, 0) is 35.9 Å². The number of hydrogen-bond acceptors (Lipinski definition) is 8. The van der Waals surface area contributed by atoms with E-state index in [2.05, 4.69) is 16.8 Å². The average molecular weight is 600 g/mol. The fraction of sp³-hybridized carbons (Fsp3) is 0.324. The highest BCUT2D eigenvalue weighted by molar-refractivity contribution is 6.22. The van der Waals surface area contributed by atoms with Gasteiger partial charge < -0.3 is 29.5 Å². The number of likely N-dealkylation sites (N-methyl/N-ethyl adjacent to an activating group) is 1. The van der Waals surface area contributed by atoms with E-state index in [1.54, 1.807) is 18.2 Å². The van der Waals surface area contributed by atoms with Crippen LogP contribution in [0.3, 0.4) is 0 Å². The van der Waals surface area contributed by atoms with Gasteiger partial charge in [-0.15, -0.1) is 6.58 Å². The van der Waals surface area contributed by atoms with Crippen molar-refractivity contribution in [2.45, 2.75) is 50.6 Å². The first kappa shape index (κ1) is 31.1. The summed E-state index contributed by atoms with van der Waals surface area (Å²) in [5.74, 6) is -0.975. The Labute approximate surface area is 256 Å². The van der Waals surface area contributed by atoms with Gasteiger partial charge in [0.15, 0.2) is 6.29 Å². The molecule has 2 aliphatic heterocycles. The van der Waals surface area contributed by atoms with Crippen LogP contribution in [0.25, 0.3) is 0 Å². The quantitative estimate of drug-likeness (QED) is 0.246. The molecule has 0 aliphatic carbocycles. The lowest BCUT2D eigenvalue weighted by molar-refractivity contribution is -0.252. The zero-order valence-corrected chi connectivity index (χ0v) is 24.6. The van der Waals surface area contributed by atoms with Crippen LogP contribution in [-0.4, -0.2) is 60.2 Å². The second-order valence-electron chi connectivity index (χ2n) is 11.0. The lowest BCUT2D eigenvalue weighted by Gasteiger charge is -2.38. The van der Waals surface area contributed by atoms with Crippen molar-refractivity contribution in [2.75, 3.05) is 25.0 Å². The highest BCUT2D eigenvalue weighted by atomic mass is 16.7. The highest BCUT2D eigenvalue weighted by Crippen LogP contribution is 2.39. The molecule has 10 heteroatoms. The standard InChI is InChI=1S/C34H37N3O7/c1-3-16-36(2)20-28-18-30(25-14-12-23(21-38)13-15-25)44-33(43-28)26-10-7-11-27(17-26)37-31(39)19-29(32(37)40)35-34(41)42-22-24-8-5-4-6-9-24/h3-15,17,28-30,33,38H,1,16,18-22H2,2H3,(H,35,41). The largest absolute Gasteiger partial charge is 0.445 e. The molecule has 0 aromatic heterocycles. The smallest absolute Gasteiger partial charge is 0.408 e. The minimum atomic E-state index is -1.03. The number of amides is 3. The summed E-state index contributed by atoms with van der Waals surface area (Å²) in [7, 11) is 1.99. The van der Waals surface area contributed by atoms with E-state index in [9.17, 15) is 19.5 Å². The zero-order chi connectivity index (χ0) is 31.1. The van der Waals surface area contributed by atoms with E-state index in [1.807, 2.05) is 73.8 Å². The first-order valence-electron chi connectivity index (χ1n) is 14.6. The summed E-state index contributed by atoms with van der Waals surface area (Å²) >= 11 is 0. The molecule has 2 saturated heterocycles. The molecule has 2 aliphatic rings. The summed E-state index contributed by atoms with van der Waals surface area (Å²) in [5, 5.41) is 12.0. The fourth-order valence-electron chi connectivity index (χ4n) is 5.41. The van der Waals surface area contributed by atoms with Gasteiger partial charge in [-0.25, -0.2) is 9.69 Å². The molecular formula is C34H37N3O7. The summed E-state index contributed by atoms with van der Waals surface area (Å²) in [4.78, 5) is 41.8. The van der Waals surface area contributed by atoms with E-state index in [0.29, 0.717) is 30.8 Å². The molecule has 10 nitrogen and oxygen atoms in total. The number of imide groups is 1. The van der Waals surface area contributed by atoms with Gasteiger partial charge in [0.05, 0.1) is 30.9 Å². The number of nitrogens with one attached hydrogen (secondary N) is 1. The third kappa shape index (κ3) is 7.59. The molecule has 0 saturated carbocycles. The third-order valence-corrected chi connectivity index (χ3v) is 7.62. The van der Waals surface area contributed by atoms with E-state index in [-0.39, 0.29) is 31.8 Å². The number of hydrogen-bond donors (Lipinski definition) is 2. The predicted molar refractivity (Wildman–Crippen MR) is 163 cm³/mol. The van der Waals surface area contributed by atoms with Crippen molar-refractivity contribution in [3.63, 3.8) is 0 Å². The maximum absolute atomic E-state index is 13.3. The Hall–Kier alpha value is -4.35. The van der Waals surface area contributed by atoms with Gasteiger partial charge in [0.2, 0.25) is 5.91 Å². The Morgan fingerprint density at radius 3 is 2.55 bits per heavy atom. The molecule has 2 heterocycles. The summed E-state index contributed by atoms with van der Waals surface area (Å²) in [6.07, 6.45) is 0.290. The second kappa shape index (κ2) is 14.4. The van der Waals surface area contributed by atoms with Crippen LogP contribution < -0.4 is 10.2 Å². The molecule has 4 unspecified atom stereocenters. The van der Waals surface area contributed by atoms with Crippen molar-refractivity contribution in [3.05, 3.63) is 114 Å². The second-order valence-corrected chi connectivity index (χ2v) is 11.0. The molecule has 2 fully saturated rings. The van der Waals surface area contributed by atoms with Crippen LogP contribution in [-0.2, 0) is 37.0 Å². The van der Waals surface area contributed by atoms with E-state index < -0.39 is 30.2 Å². The molecule has 0 spiro atoms. The number of ether oxygens (including phenoxy) is 3. The zero-order valence-electron chi connectivity index (χ0n) is 24.6. The number of carbonyl (C=O) groups is 3. The first-order valence-corrected chi connectivity index (χ1v) is 14.6. The van der Waals surface area contributed by atoms with Crippen molar-refractivity contribution < 1.29 is 33.7 Å². The summed E-state index contributed by atoms with van der Waals surface area (Å²) < 4.78 is 18.1. The summed E-state index contributed by atoms with van der Waals surface area (Å²) in [5.41, 5.74) is 3.59. The normalized spacial score (nSPS) is 21.8. The summed E-state index contributed by atoms with van der Waals surface area (Å²) in [6, 6.07) is 22.7. The van der Waals surface area contributed by atoms with Crippen LogP contribution in [0.2, 0.25) is 0 Å². The molecule has 44 heavy (non-hydrogen) atoms. The molecule has 4 atom stereocenters. The number of aliphatic hydroxyl groups excluding tert-OH is 1. The van der Waals surface area contributed by atoms with Gasteiger partial charge in [-0.3, -0.25) is 9.59 Å². The molecule has 0 bridgehead atoms. The van der Waals surface area contributed by atoms with Crippen LogP contribution in [0.5, 0.6) is 0 Å². The van der Waals surface area contributed by atoms with Gasteiger partial charge in [0, 0.05) is 25.1 Å². The van der Waals surface area contributed by atoms with Crippen molar-refractivity contribution in [2.24, 2.45) is 0 Å². The predicted octanol–water partition coefficient (Wildman–Crippen LogP) is 4.40. The number of anilines is 1. The van der Waals surface area contributed by atoms with E-state index in [0.717, 1.165) is 21.6 Å². The monoisotopic (exact) mass is 599 g/mol. The molecular weight excluding hydrogens is 562 g/mol. The van der Waals surface area contributed by atoms with E-state index >= 15 is 0 Å². The summed E-state index contributed by atoms with van der Waals surface area (Å²) in [6.45, 7) is 5.17. The Balaban J connectivity index is 1.30. The van der Waals surface area contributed by atoms with Crippen molar-refractivity contribution in [3.8, 4) is 0 Å². The maximum Gasteiger partial charge on any atom is 0.408 e. The Morgan fingerprint density at radius 2 is 1.82 bits per heavy atom. The molecule has 2 N–H and O–H groups in total. The van der Waals surface area contributed by atoms with Crippen LogP contribution >= 0.6 is 0 Å². The number of benzene rings is 3. The van der Waals surface area contributed by atoms with Crippen LogP contribution in [0.1, 0.15) is 47.5 Å². The molecule has 3 amide bonds. The van der Waals surface area contributed by atoms with Crippen molar-refractivity contribution >= 4 is 23.6 Å². The molecule has 5 rings (SSSR count). The number of aliphatic hydroxyl groups is 1. The number of alkyl carbamates (subject to hydrolysis) is 1.